The number of unbranched alkanes of at least 4 members (excludes halogenated alkanes) is 2. The van der Waals surface area contributed by atoms with Gasteiger partial charge in [0, 0.05) is 11.8 Å². The van der Waals surface area contributed by atoms with E-state index in [-0.39, 0.29) is 18.0 Å². The van der Waals surface area contributed by atoms with Crippen LogP contribution in [0.4, 0.5) is 5.13 Å². The lowest BCUT2D eigenvalue weighted by atomic mass is 10.2. The molecule has 0 fully saturated rings. The number of aromatic nitrogens is 4. The summed E-state index contributed by atoms with van der Waals surface area (Å²) in [6.07, 6.45) is 5.82. The second-order valence-corrected chi connectivity index (χ2v) is 6.76. The average Bonchev–Trinajstić information content (AvgIpc) is 3.05. The van der Waals surface area contributed by atoms with Crippen LogP contribution in [0.3, 0.4) is 0 Å². The van der Waals surface area contributed by atoms with E-state index in [1.54, 1.807) is 18.3 Å². The molecule has 1 aromatic carbocycles. The number of benzene rings is 1. The van der Waals surface area contributed by atoms with Gasteiger partial charge >= 0.3 is 0 Å². The Bertz CT molecular complexity index is 934. The van der Waals surface area contributed by atoms with Gasteiger partial charge in [-0.15, -0.1) is 10.2 Å². The molecule has 0 unspecified atom stereocenters. The molecule has 8 heteroatoms. The molecule has 25 heavy (non-hydrogen) atoms. The number of rotatable bonds is 7. The van der Waals surface area contributed by atoms with E-state index in [2.05, 4.69) is 27.5 Å². The van der Waals surface area contributed by atoms with Gasteiger partial charge in [0.2, 0.25) is 11.0 Å². The van der Waals surface area contributed by atoms with Crippen molar-refractivity contribution in [2.75, 3.05) is 5.32 Å². The van der Waals surface area contributed by atoms with E-state index in [0.29, 0.717) is 10.5 Å². The Balaban J connectivity index is 1.65. The Morgan fingerprint density at radius 2 is 2.08 bits per heavy atom. The molecule has 0 bridgehead atoms. The van der Waals surface area contributed by atoms with Crippen molar-refractivity contribution in [2.24, 2.45) is 0 Å². The summed E-state index contributed by atoms with van der Waals surface area (Å²) in [6, 6.07) is 7.17. The zero-order valence-corrected chi connectivity index (χ0v) is 14.8. The SMILES string of the molecule is CCCCCc1nnc(NC(=O)Cn2ncc3ccccc3c2=O)s1. The zero-order chi connectivity index (χ0) is 17.6. The van der Waals surface area contributed by atoms with Crippen LogP contribution in [0.15, 0.2) is 35.3 Å². The smallest absolute Gasteiger partial charge is 0.275 e. The molecule has 0 saturated heterocycles. The van der Waals surface area contributed by atoms with Gasteiger partial charge in [-0.1, -0.05) is 49.3 Å². The number of hydrogen-bond acceptors (Lipinski definition) is 6. The summed E-state index contributed by atoms with van der Waals surface area (Å²) in [5.74, 6) is -0.346. The van der Waals surface area contributed by atoms with Crippen molar-refractivity contribution in [3.05, 3.63) is 45.8 Å². The van der Waals surface area contributed by atoms with Gasteiger partial charge in [0.15, 0.2) is 0 Å². The largest absolute Gasteiger partial charge is 0.299 e. The summed E-state index contributed by atoms with van der Waals surface area (Å²) >= 11 is 1.37. The molecule has 1 amide bonds. The van der Waals surface area contributed by atoms with Crippen LogP contribution < -0.4 is 10.9 Å². The summed E-state index contributed by atoms with van der Waals surface area (Å²) in [5.41, 5.74) is -0.286. The predicted octanol–water partition coefficient (Wildman–Crippen LogP) is 2.62. The zero-order valence-electron chi connectivity index (χ0n) is 13.9. The first kappa shape index (κ1) is 17.2. The van der Waals surface area contributed by atoms with Gasteiger partial charge in [-0.3, -0.25) is 14.9 Å². The number of nitrogens with one attached hydrogen (secondary N) is 1. The molecule has 3 aromatic rings. The molecule has 0 radical (unpaired) electrons. The third kappa shape index (κ3) is 4.27. The highest BCUT2D eigenvalue weighted by Gasteiger charge is 2.11. The highest BCUT2D eigenvalue weighted by molar-refractivity contribution is 7.15. The number of aryl methyl sites for hydroxylation is 1. The maximum absolute atomic E-state index is 12.4. The number of fused-ring (bicyclic) bond motifs is 1. The molecule has 0 aliphatic heterocycles. The van der Waals surface area contributed by atoms with E-state index in [4.69, 9.17) is 0 Å². The van der Waals surface area contributed by atoms with Crippen molar-refractivity contribution in [3.63, 3.8) is 0 Å². The van der Waals surface area contributed by atoms with Gasteiger partial charge in [-0.05, 0) is 12.5 Å². The summed E-state index contributed by atoms with van der Waals surface area (Å²) in [5, 5.41) is 17.4. The molecule has 0 atom stereocenters. The van der Waals surface area contributed by atoms with Gasteiger partial charge in [-0.25, -0.2) is 4.68 Å². The highest BCUT2D eigenvalue weighted by atomic mass is 32.1. The van der Waals surface area contributed by atoms with Gasteiger partial charge in [0.25, 0.3) is 5.56 Å². The van der Waals surface area contributed by atoms with Crippen LogP contribution >= 0.6 is 11.3 Å². The van der Waals surface area contributed by atoms with Crippen LogP contribution in [-0.2, 0) is 17.8 Å². The molecular weight excluding hydrogens is 338 g/mol. The summed E-state index contributed by atoms with van der Waals surface area (Å²) in [7, 11) is 0. The van der Waals surface area contributed by atoms with E-state index < -0.39 is 0 Å². The fourth-order valence-electron chi connectivity index (χ4n) is 2.47. The van der Waals surface area contributed by atoms with Crippen molar-refractivity contribution in [3.8, 4) is 0 Å². The van der Waals surface area contributed by atoms with E-state index in [1.807, 2.05) is 12.1 Å². The second-order valence-electron chi connectivity index (χ2n) is 5.70. The normalized spacial score (nSPS) is 10.9. The van der Waals surface area contributed by atoms with Gasteiger partial charge < -0.3 is 0 Å². The minimum absolute atomic E-state index is 0.158. The second kappa shape index (κ2) is 7.98. The first-order valence-corrected chi connectivity index (χ1v) is 9.06. The Morgan fingerprint density at radius 3 is 2.92 bits per heavy atom. The maximum atomic E-state index is 12.4. The molecule has 7 nitrogen and oxygen atoms in total. The van der Waals surface area contributed by atoms with Gasteiger partial charge in [0.05, 0.1) is 11.6 Å². The van der Waals surface area contributed by atoms with E-state index in [1.165, 1.54) is 11.3 Å². The topological polar surface area (TPSA) is 89.8 Å². The number of nitrogens with zero attached hydrogens (tertiary/aromatic N) is 4. The molecule has 0 spiro atoms. The molecular formula is C17H19N5O2S. The van der Waals surface area contributed by atoms with Crippen LogP contribution in [0.5, 0.6) is 0 Å². The Morgan fingerprint density at radius 1 is 1.24 bits per heavy atom. The highest BCUT2D eigenvalue weighted by Crippen LogP contribution is 2.17. The number of carbonyl (C=O) groups excluding carboxylic acids is 1. The summed E-state index contributed by atoms with van der Waals surface area (Å²) < 4.78 is 1.15. The van der Waals surface area contributed by atoms with Crippen LogP contribution in [0, 0.1) is 0 Å². The third-order valence-corrected chi connectivity index (χ3v) is 4.66. The Labute approximate surface area is 148 Å². The molecule has 3 rings (SSSR count). The van der Waals surface area contributed by atoms with Crippen LogP contribution in [0.1, 0.15) is 31.2 Å². The van der Waals surface area contributed by atoms with Crippen molar-refractivity contribution < 1.29 is 4.79 Å². The molecule has 130 valence electrons. The third-order valence-electron chi connectivity index (χ3n) is 3.76. The molecule has 0 saturated carbocycles. The van der Waals surface area contributed by atoms with Crippen LogP contribution in [-0.4, -0.2) is 25.9 Å². The van der Waals surface area contributed by atoms with Crippen LogP contribution in [0.25, 0.3) is 10.8 Å². The average molecular weight is 357 g/mol. The lowest BCUT2D eigenvalue weighted by Gasteiger charge is -2.05. The Hall–Kier alpha value is -2.61. The van der Waals surface area contributed by atoms with E-state index in [0.717, 1.165) is 40.8 Å². The summed E-state index contributed by atoms with van der Waals surface area (Å²) in [6.45, 7) is 1.99. The van der Waals surface area contributed by atoms with Gasteiger partial charge in [0.1, 0.15) is 11.6 Å². The van der Waals surface area contributed by atoms with E-state index >= 15 is 0 Å². The fourth-order valence-corrected chi connectivity index (χ4v) is 3.26. The molecule has 1 N–H and O–H groups in total. The number of hydrogen-bond donors (Lipinski definition) is 1. The Kier molecular flexibility index (Phi) is 5.49. The lowest BCUT2D eigenvalue weighted by Crippen LogP contribution is -2.29. The first-order valence-electron chi connectivity index (χ1n) is 8.24. The van der Waals surface area contributed by atoms with Crippen molar-refractivity contribution >= 4 is 33.1 Å². The van der Waals surface area contributed by atoms with Crippen molar-refractivity contribution in [1.29, 1.82) is 0 Å². The molecule has 0 aliphatic carbocycles. The van der Waals surface area contributed by atoms with E-state index in [9.17, 15) is 9.59 Å². The minimum atomic E-state index is -0.346. The standard InChI is InChI=1S/C17H19N5O2S/c1-2-3-4-9-15-20-21-17(25-15)19-14(23)11-22-16(24)13-8-6-5-7-12(13)10-18-22/h5-8,10H,2-4,9,11H2,1H3,(H,19,21,23). The first-order chi connectivity index (χ1) is 12.2. The number of anilines is 1. The van der Waals surface area contributed by atoms with Crippen molar-refractivity contribution in [2.45, 2.75) is 39.2 Å². The fraction of sp³-hybridized carbons (Fsp3) is 0.353. The molecule has 0 aliphatic rings. The monoisotopic (exact) mass is 357 g/mol. The summed E-state index contributed by atoms with van der Waals surface area (Å²) in [4.78, 5) is 24.5. The number of carbonyl (C=O) groups is 1. The minimum Gasteiger partial charge on any atom is -0.299 e. The van der Waals surface area contributed by atoms with Crippen molar-refractivity contribution in [1.82, 2.24) is 20.0 Å². The quantitative estimate of drug-likeness (QED) is 0.657. The number of amides is 1. The molecule has 2 heterocycles. The van der Waals surface area contributed by atoms with Gasteiger partial charge in [-0.2, -0.15) is 5.10 Å². The maximum Gasteiger partial charge on any atom is 0.275 e. The lowest BCUT2D eigenvalue weighted by molar-refractivity contribution is -0.117. The molecule has 2 aromatic heterocycles. The van der Waals surface area contributed by atoms with Crippen LogP contribution in [0.2, 0.25) is 0 Å². The predicted molar refractivity (Wildman–Crippen MR) is 97.8 cm³/mol.